The Labute approximate surface area is 179 Å². The van der Waals surface area contributed by atoms with Crippen LogP contribution in [0.4, 0.5) is 10.1 Å². The lowest BCUT2D eigenvalue weighted by Gasteiger charge is -2.09. The first kappa shape index (κ1) is 22.1. The van der Waals surface area contributed by atoms with Crippen molar-refractivity contribution in [2.45, 2.75) is 33.2 Å². The standard InChI is InChI=1S/C22H25FN6O2/c1-15(2)13-20(30)25-19-6-4-3-5-18(19)22-26-28-29(27-22)14-21(31)24-12-11-16-7-9-17(23)10-8-16/h3-10,15H,11-14H2,1-2H3,(H,24,31)(H,25,30). The molecular formula is C22H25FN6O2. The summed E-state index contributed by atoms with van der Waals surface area (Å²) in [6, 6.07) is 13.3. The molecule has 8 nitrogen and oxygen atoms in total. The number of nitrogens with one attached hydrogen (secondary N) is 2. The molecule has 31 heavy (non-hydrogen) atoms. The minimum atomic E-state index is -0.290. The second kappa shape index (κ2) is 10.4. The lowest BCUT2D eigenvalue weighted by atomic mass is 10.1. The Morgan fingerprint density at radius 1 is 1.06 bits per heavy atom. The van der Waals surface area contributed by atoms with Gasteiger partial charge in [0.1, 0.15) is 12.4 Å². The maximum atomic E-state index is 12.9. The van der Waals surface area contributed by atoms with Crippen LogP contribution in [0.2, 0.25) is 0 Å². The Morgan fingerprint density at radius 2 is 1.81 bits per heavy atom. The fourth-order valence-corrected chi connectivity index (χ4v) is 2.96. The highest BCUT2D eigenvalue weighted by molar-refractivity contribution is 5.94. The number of hydrogen-bond acceptors (Lipinski definition) is 5. The molecule has 0 saturated heterocycles. The van der Waals surface area contributed by atoms with Gasteiger partial charge in [0.2, 0.25) is 17.6 Å². The molecular weight excluding hydrogens is 399 g/mol. The van der Waals surface area contributed by atoms with Gasteiger partial charge in [-0.15, -0.1) is 10.2 Å². The minimum absolute atomic E-state index is 0.0850. The summed E-state index contributed by atoms with van der Waals surface area (Å²) in [7, 11) is 0. The van der Waals surface area contributed by atoms with E-state index in [9.17, 15) is 14.0 Å². The van der Waals surface area contributed by atoms with Crippen molar-refractivity contribution in [1.82, 2.24) is 25.5 Å². The average Bonchev–Trinajstić information content (AvgIpc) is 3.17. The number of nitrogens with zero attached hydrogens (tertiary/aromatic N) is 4. The van der Waals surface area contributed by atoms with Crippen molar-refractivity contribution in [1.29, 1.82) is 0 Å². The summed E-state index contributed by atoms with van der Waals surface area (Å²) < 4.78 is 12.9. The zero-order valence-corrected chi connectivity index (χ0v) is 17.5. The van der Waals surface area contributed by atoms with Gasteiger partial charge in [0.05, 0.1) is 5.69 Å². The summed E-state index contributed by atoms with van der Waals surface area (Å²) in [5.74, 6) is -0.0749. The summed E-state index contributed by atoms with van der Waals surface area (Å²) >= 11 is 0. The molecule has 0 spiro atoms. The van der Waals surface area contributed by atoms with Crippen LogP contribution < -0.4 is 10.6 Å². The predicted molar refractivity (Wildman–Crippen MR) is 114 cm³/mol. The van der Waals surface area contributed by atoms with E-state index in [4.69, 9.17) is 0 Å². The molecule has 0 aliphatic rings. The van der Waals surface area contributed by atoms with E-state index < -0.39 is 0 Å². The molecule has 0 bridgehead atoms. The summed E-state index contributed by atoms with van der Waals surface area (Å²) in [4.78, 5) is 25.5. The van der Waals surface area contributed by atoms with Crippen LogP contribution in [0.1, 0.15) is 25.8 Å². The molecule has 162 valence electrons. The highest BCUT2D eigenvalue weighted by Gasteiger charge is 2.14. The monoisotopic (exact) mass is 424 g/mol. The fourth-order valence-electron chi connectivity index (χ4n) is 2.96. The fraction of sp³-hybridized carbons (Fsp3) is 0.318. The lowest BCUT2D eigenvalue weighted by molar-refractivity contribution is -0.122. The minimum Gasteiger partial charge on any atom is -0.354 e. The van der Waals surface area contributed by atoms with Gasteiger partial charge >= 0.3 is 0 Å². The number of benzene rings is 2. The molecule has 2 N–H and O–H groups in total. The molecule has 2 amide bonds. The van der Waals surface area contributed by atoms with Crippen LogP contribution in [-0.2, 0) is 22.6 Å². The van der Waals surface area contributed by atoms with Gasteiger partial charge in [-0.05, 0) is 47.4 Å². The second-order valence-electron chi connectivity index (χ2n) is 7.56. The van der Waals surface area contributed by atoms with Crippen LogP contribution in [-0.4, -0.2) is 38.6 Å². The van der Waals surface area contributed by atoms with E-state index in [1.807, 2.05) is 26.0 Å². The van der Waals surface area contributed by atoms with Crippen LogP contribution in [0, 0.1) is 11.7 Å². The van der Waals surface area contributed by atoms with Gasteiger partial charge in [0.25, 0.3) is 0 Å². The van der Waals surface area contributed by atoms with Crippen molar-refractivity contribution in [3.05, 3.63) is 59.9 Å². The van der Waals surface area contributed by atoms with Gasteiger partial charge in [-0.3, -0.25) is 9.59 Å². The Hall–Kier alpha value is -3.62. The number of aromatic nitrogens is 4. The van der Waals surface area contributed by atoms with Gasteiger partial charge in [0.15, 0.2) is 0 Å². The predicted octanol–water partition coefficient (Wildman–Crippen LogP) is 2.82. The van der Waals surface area contributed by atoms with E-state index in [-0.39, 0.29) is 30.1 Å². The molecule has 3 rings (SSSR count). The Balaban J connectivity index is 1.57. The van der Waals surface area contributed by atoms with Crippen molar-refractivity contribution in [2.24, 2.45) is 5.92 Å². The van der Waals surface area contributed by atoms with Crippen molar-refractivity contribution < 1.29 is 14.0 Å². The van der Waals surface area contributed by atoms with Crippen LogP contribution >= 0.6 is 0 Å². The number of carbonyl (C=O) groups excluding carboxylic acids is 2. The smallest absolute Gasteiger partial charge is 0.243 e. The van der Waals surface area contributed by atoms with Crippen LogP contribution in [0.3, 0.4) is 0 Å². The van der Waals surface area contributed by atoms with E-state index in [2.05, 4.69) is 26.0 Å². The number of anilines is 1. The zero-order valence-electron chi connectivity index (χ0n) is 17.5. The third-order valence-electron chi connectivity index (χ3n) is 4.42. The van der Waals surface area contributed by atoms with Crippen LogP contribution in [0.15, 0.2) is 48.5 Å². The van der Waals surface area contributed by atoms with E-state index >= 15 is 0 Å². The molecule has 0 fully saturated rings. The van der Waals surface area contributed by atoms with Gasteiger partial charge in [-0.25, -0.2) is 4.39 Å². The second-order valence-corrected chi connectivity index (χ2v) is 7.56. The number of rotatable bonds is 9. The molecule has 1 aromatic heterocycles. The first-order valence-electron chi connectivity index (χ1n) is 10.1. The van der Waals surface area contributed by atoms with Gasteiger partial charge in [-0.1, -0.05) is 38.1 Å². The SMILES string of the molecule is CC(C)CC(=O)Nc1ccccc1-c1nnn(CC(=O)NCCc2ccc(F)cc2)n1. The largest absolute Gasteiger partial charge is 0.354 e. The van der Waals surface area contributed by atoms with Crippen LogP contribution in [0.25, 0.3) is 11.4 Å². The number of carbonyl (C=O) groups is 2. The molecule has 1 heterocycles. The molecule has 0 radical (unpaired) electrons. The zero-order chi connectivity index (χ0) is 22.2. The van der Waals surface area contributed by atoms with Crippen molar-refractivity contribution in [3.8, 4) is 11.4 Å². The number of halogens is 1. The molecule has 0 atom stereocenters. The molecule has 2 aromatic carbocycles. The summed E-state index contributed by atoms with van der Waals surface area (Å²) in [5.41, 5.74) is 2.15. The maximum Gasteiger partial charge on any atom is 0.243 e. The lowest BCUT2D eigenvalue weighted by Crippen LogP contribution is -2.30. The van der Waals surface area contributed by atoms with Gasteiger partial charge < -0.3 is 10.6 Å². The summed E-state index contributed by atoms with van der Waals surface area (Å²) in [6.45, 7) is 4.28. The highest BCUT2D eigenvalue weighted by Crippen LogP contribution is 2.24. The Kier molecular flexibility index (Phi) is 7.42. The van der Waals surface area contributed by atoms with E-state index in [0.29, 0.717) is 36.5 Å². The third-order valence-corrected chi connectivity index (χ3v) is 4.42. The number of para-hydroxylation sites is 1. The van der Waals surface area contributed by atoms with Crippen molar-refractivity contribution in [3.63, 3.8) is 0 Å². The molecule has 0 aliphatic carbocycles. The molecule has 0 aliphatic heterocycles. The third kappa shape index (κ3) is 6.70. The summed E-state index contributed by atoms with van der Waals surface area (Å²) in [6.07, 6.45) is 0.998. The van der Waals surface area contributed by atoms with Crippen molar-refractivity contribution in [2.75, 3.05) is 11.9 Å². The first-order valence-corrected chi connectivity index (χ1v) is 10.1. The van der Waals surface area contributed by atoms with E-state index in [1.54, 1.807) is 24.3 Å². The number of amides is 2. The molecule has 3 aromatic rings. The van der Waals surface area contributed by atoms with Crippen molar-refractivity contribution >= 4 is 17.5 Å². The number of tetrazole rings is 1. The van der Waals surface area contributed by atoms with Crippen LogP contribution in [0.5, 0.6) is 0 Å². The maximum absolute atomic E-state index is 12.9. The average molecular weight is 424 g/mol. The summed E-state index contributed by atoms with van der Waals surface area (Å²) in [5, 5.41) is 17.9. The van der Waals surface area contributed by atoms with Gasteiger partial charge in [0, 0.05) is 18.5 Å². The molecule has 0 saturated carbocycles. The van der Waals surface area contributed by atoms with E-state index in [1.165, 1.54) is 16.9 Å². The topological polar surface area (TPSA) is 102 Å². The number of hydrogen-bond donors (Lipinski definition) is 2. The Bertz CT molecular complexity index is 1030. The quantitative estimate of drug-likeness (QED) is 0.550. The molecule has 0 unspecified atom stereocenters. The van der Waals surface area contributed by atoms with Gasteiger partial charge in [-0.2, -0.15) is 4.80 Å². The van der Waals surface area contributed by atoms with E-state index in [0.717, 1.165) is 5.56 Å². The normalized spacial score (nSPS) is 10.8. The molecule has 9 heteroatoms. The Morgan fingerprint density at radius 3 is 2.55 bits per heavy atom. The highest BCUT2D eigenvalue weighted by atomic mass is 19.1. The first-order chi connectivity index (χ1) is 14.9.